The number of aliphatic carboxylic acids is 1. The molecule has 0 saturated carbocycles. The zero-order valence-corrected chi connectivity index (χ0v) is 6.96. The van der Waals surface area contributed by atoms with Crippen molar-refractivity contribution in [3.8, 4) is 0 Å². The van der Waals surface area contributed by atoms with Gasteiger partial charge in [0, 0.05) is 0 Å². The molecule has 60 valence electrons. The molecule has 0 amide bonds. The van der Waals surface area contributed by atoms with Gasteiger partial charge in [0.05, 0.1) is 0 Å². The maximum atomic E-state index is 10.5. The Morgan fingerprint density at radius 2 is 1.80 bits per heavy atom. The zero-order chi connectivity index (χ0) is 8.31. The van der Waals surface area contributed by atoms with Crippen LogP contribution in [0.4, 0.5) is 0 Å². The molecule has 0 aromatic carbocycles. The van der Waals surface area contributed by atoms with E-state index in [4.69, 9.17) is 5.11 Å². The molecule has 0 fully saturated rings. The number of hydrogen-bond donors (Lipinski definition) is 1. The van der Waals surface area contributed by atoms with Crippen molar-refractivity contribution >= 4 is 5.97 Å². The van der Waals surface area contributed by atoms with Gasteiger partial charge in [-0.05, 0) is 20.0 Å². The first-order chi connectivity index (χ1) is 4.46. The predicted octanol–water partition coefficient (Wildman–Crippen LogP) is 0.657. The molecule has 0 aliphatic rings. The van der Waals surface area contributed by atoms with Gasteiger partial charge in [-0.1, -0.05) is 13.8 Å². The fraction of sp³-hybridized carbons (Fsp3) is 0.857. The van der Waals surface area contributed by atoms with E-state index in [0.29, 0.717) is 0 Å². The molecule has 0 saturated heterocycles. The van der Waals surface area contributed by atoms with Crippen LogP contribution in [0, 0.1) is 5.92 Å². The minimum atomic E-state index is -0.750. The second kappa shape index (κ2) is 3.56. The molecule has 1 N–H and O–H groups in total. The Bertz CT molecular complexity index is 113. The number of carboxylic acid groups (broad SMARTS) is 1. The lowest BCUT2D eigenvalue weighted by Gasteiger charge is -2.22. The Morgan fingerprint density at radius 3 is 1.80 bits per heavy atom. The van der Waals surface area contributed by atoms with E-state index < -0.39 is 5.97 Å². The molecule has 0 rings (SSSR count). The number of hydrogen-bond acceptors (Lipinski definition) is 2. The maximum Gasteiger partial charge on any atom is 0.321 e. The molecule has 0 aliphatic heterocycles. The van der Waals surface area contributed by atoms with Crippen LogP contribution in [0.1, 0.15) is 13.8 Å². The van der Waals surface area contributed by atoms with Crippen LogP contribution in [0.3, 0.4) is 0 Å². The van der Waals surface area contributed by atoms with Crippen molar-refractivity contribution < 1.29 is 9.90 Å². The molecule has 0 aromatic heterocycles. The van der Waals surface area contributed by atoms with Crippen LogP contribution >= 0.6 is 0 Å². The van der Waals surface area contributed by atoms with Gasteiger partial charge in [0.1, 0.15) is 6.04 Å². The van der Waals surface area contributed by atoms with E-state index >= 15 is 0 Å². The summed E-state index contributed by atoms with van der Waals surface area (Å²) in [5, 5.41) is 8.67. The van der Waals surface area contributed by atoms with Crippen LogP contribution in [0.5, 0.6) is 0 Å². The molecule has 0 spiro atoms. The van der Waals surface area contributed by atoms with Gasteiger partial charge in [0.2, 0.25) is 0 Å². The summed E-state index contributed by atoms with van der Waals surface area (Å²) in [6.07, 6.45) is 0. The third kappa shape index (κ3) is 2.35. The van der Waals surface area contributed by atoms with Gasteiger partial charge in [0.15, 0.2) is 0 Å². The van der Waals surface area contributed by atoms with E-state index in [1.165, 1.54) is 0 Å². The third-order valence-corrected chi connectivity index (χ3v) is 1.44. The molecule has 0 heterocycles. The number of carbonyl (C=O) groups is 1. The van der Waals surface area contributed by atoms with E-state index in [1.807, 2.05) is 13.8 Å². The highest BCUT2D eigenvalue weighted by molar-refractivity contribution is 5.73. The average Bonchev–Trinajstić information content (AvgIpc) is 1.59. The van der Waals surface area contributed by atoms with Crippen LogP contribution in [-0.2, 0) is 4.79 Å². The Morgan fingerprint density at radius 1 is 1.40 bits per heavy atom. The summed E-state index contributed by atoms with van der Waals surface area (Å²) in [6, 6.07) is -0.361. The summed E-state index contributed by atoms with van der Waals surface area (Å²) in [5.74, 6) is -0.590. The summed E-state index contributed by atoms with van der Waals surface area (Å²) in [7, 11) is 3.55. The second-order valence-electron chi connectivity index (χ2n) is 2.99. The molecule has 0 unspecified atom stereocenters. The topological polar surface area (TPSA) is 40.5 Å². The van der Waals surface area contributed by atoms with Crippen LogP contribution in [0.15, 0.2) is 0 Å². The molecular formula is C7H15NO2. The summed E-state index contributed by atoms with van der Waals surface area (Å²) >= 11 is 0. The average molecular weight is 145 g/mol. The smallest absolute Gasteiger partial charge is 0.321 e. The molecule has 0 aliphatic carbocycles. The highest BCUT2D eigenvalue weighted by atomic mass is 16.4. The lowest BCUT2D eigenvalue weighted by molar-refractivity contribution is -0.143. The Hall–Kier alpha value is -0.570. The number of nitrogens with zero attached hydrogens (tertiary/aromatic N) is 1. The largest absolute Gasteiger partial charge is 0.480 e. The van der Waals surface area contributed by atoms with Crippen molar-refractivity contribution in [2.75, 3.05) is 14.1 Å². The van der Waals surface area contributed by atoms with Gasteiger partial charge in [-0.3, -0.25) is 9.69 Å². The third-order valence-electron chi connectivity index (χ3n) is 1.44. The van der Waals surface area contributed by atoms with Gasteiger partial charge in [-0.15, -0.1) is 0 Å². The number of likely N-dealkylation sites (N-methyl/N-ethyl adjacent to an activating group) is 1. The summed E-state index contributed by atoms with van der Waals surface area (Å²) in [4.78, 5) is 12.3. The SMILES string of the molecule is CC(C)[C@H](C(=O)O)N(C)C. The van der Waals surface area contributed by atoms with Crippen LogP contribution < -0.4 is 0 Å². The lowest BCUT2D eigenvalue weighted by atomic mass is 10.0. The monoisotopic (exact) mass is 145 g/mol. The first-order valence-corrected chi connectivity index (χ1v) is 3.36. The Labute approximate surface area is 61.6 Å². The number of rotatable bonds is 3. The molecule has 0 bridgehead atoms. The first-order valence-electron chi connectivity index (χ1n) is 3.36. The quantitative estimate of drug-likeness (QED) is 0.634. The zero-order valence-electron chi connectivity index (χ0n) is 6.96. The highest BCUT2D eigenvalue weighted by Crippen LogP contribution is 2.06. The molecule has 3 nitrogen and oxygen atoms in total. The minimum Gasteiger partial charge on any atom is -0.480 e. The van der Waals surface area contributed by atoms with Crippen molar-refractivity contribution in [2.24, 2.45) is 5.92 Å². The number of carboxylic acids is 1. The van der Waals surface area contributed by atoms with E-state index in [0.717, 1.165) is 0 Å². The van der Waals surface area contributed by atoms with Crippen molar-refractivity contribution in [1.82, 2.24) is 4.90 Å². The van der Waals surface area contributed by atoms with E-state index in [9.17, 15) is 4.79 Å². The molecular weight excluding hydrogens is 130 g/mol. The highest BCUT2D eigenvalue weighted by Gasteiger charge is 2.22. The van der Waals surface area contributed by atoms with Crippen LogP contribution in [0.2, 0.25) is 0 Å². The van der Waals surface area contributed by atoms with E-state index in [2.05, 4.69) is 0 Å². The molecule has 3 heteroatoms. The van der Waals surface area contributed by atoms with Gasteiger partial charge in [-0.2, -0.15) is 0 Å². The summed E-state index contributed by atoms with van der Waals surface area (Å²) in [6.45, 7) is 3.80. The Balaban J connectivity index is 4.12. The van der Waals surface area contributed by atoms with E-state index in [-0.39, 0.29) is 12.0 Å². The Kier molecular flexibility index (Phi) is 3.36. The fourth-order valence-corrected chi connectivity index (χ4v) is 1.10. The first kappa shape index (κ1) is 9.43. The van der Waals surface area contributed by atoms with Gasteiger partial charge < -0.3 is 5.11 Å². The standard InChI is InChI=1S/C7H15NO2/c1-5(2)6(7(9)10)8(3)4/h5-6H,1-4H3,(H,9,10)/t6-/m1/s1. The van der Waals surface area contributed by atoms with Crippen LogP contribution in [0.25, 0.3) is 0 Å². The lowest BCUT2D eigenvalue weighted by Crippen LogP contribution is -2.39. The minimum absolute atomic E-state index is 0.160. The normalized spacial score (nSPS) is 14.2. The van der Waals surface area contributed by atoms with Gasteiger partial charge in [0.25, 0.3) is 0 Å². The molecule has 1 atom stereocenters. The molecule has 10 heavy (non-hydrogen) atoms. The summed E-state index contributed by atoms with van der Waals surface area (Å²) in [5.41, 5.74) is 0. The maximum absolute atomic E-state index is 10.5. The molecule has 0 aromatic rings. The summed E-state index contributed by atoms with van der Waals surface area (Å²) < 4.78 is 0. The van der Waals surface area contributed by atoms with Crippen molar-refractivity contribution in [3.05, 3.63) is 0 Å². The van der Waals surface area contributed by atoms with Crippen molar-refractivity contribution in [2.45, 2.75) is 19.9 Å². The predicted molar refractivity (Wildman–Crippen MR) is 39.9 cm³/mol. The van der Waals surface area contributed by atoms with Crippen LogP contribution in [-0.4, -0.2) is 36.1 Å². The van der Waals surface area contributed by atoms with Gasteiger partial charge >= 0.3 is 5.97 Å². The van der Waals surface area contributed by atoms with Crippen molar-refractivity contribution in [1.29, 1.82) is 0 Å². The van der Waals surface area contributed by atoms with Gasteiger partial charge in [-0.25, -0.2) is 0 Å². The van der Waals surface area contributed by atoms with Crippen molar-refractivity contribution in [3.63, 3.8) is 0 Å². The van der Waals surface area contributed by atoms with E-state index in [1.54, 1.807) is 19.0 Å². The second-order valence-corrected chi connectivity index (χ2v) is 2.99. The fourth-order valence-electron chi connectivity index (χ4n) is 1.10. The molecule has 0 radical (unpaired) electrons.